The van der Waals surface area contributed by atoms with Crippen LogP contribution in [-0.2, 0) is 9.53 Å². The zero-order valence-electron chi connectivity index (χ0n) is 8.63. The van der Waals surface area contributed by atoms with Gasteiger partial charge in [-0.1, -0.05) is 12.1 Å². The quantitative estimate of drug-likeness (QED) is 0.782. The predicted octanol–water partition coefficient (Wildman–Crippen LogP) is 1.56. The Morgan fingerprint density at radius 3 is 2.56 bits per heavy atom. The normalized spacial score (nSPS) is 16.0. The Kier molecular flexibility index (Phi) is 3.22. The fraction of sp³-hybridized carbons (Fsp3) is 0.250. The molecule has 84 valence electrons. The van der Waals surface area contributed by atoms with Crippen molar-refractivity contribution in [3.05, 3.63) is 35.9 Å². The molecule has 1 aliphatic rings. The first-order chi connectivity index (χ1) is 7.74. The van der Waals surface area contributed by atoms with Crippen molar-refractivity contribution in [1.29, 1.82) is 0 Å². The smallest absolute Gasteiger partial charge is 0.328 e. The highest BCUT2D eigenvalue weighted by atomic mass is 16.6. The van der Waals surface area contributed by atoms with Crippen molar-refractivity contribution in [3.63, 3.8) is 0 Å². The molecular weight excluding hydrogens is 208 g/mol. The highest BCUT2D eigenvalue weighted by Crippen LogP contribution is 2.17. The Balaban J connectivity index is 1.95. The van der Waals surface area contributed by atoms with E-state index in [9.17, 15) is 4.79 Å². The average molecular weight is 220 g/mol. The lowest BCUT2D eigenvalue weighted by molar-refractivity contribution is -0.131. The lowest BCUT2D eigenvalue weighted by atomic mass is 10.2. The number of carbonyl (C=O) groups is 1. The standard InChI is InChI=1S/C12H12O4/c13-12(14)6-3-9-1-4-10(5-2-9)16-11-7-15-8-11/h1-6,11H,7-8H2,(H,13,14)/b6-3+. The fourth-order valence-electron chi connectivity index (χ4n) is 1.30. The van der Waals surface area contributed by atoms with Crippen LogP contribution in [0.2, 0.25) is 0 Å². The van der Waals surface area contributed by atoms with Crippen LogP contribution in [0.3, 0.4) is 0 Å². The van der Waals surface area contributed by atoms with Gasteiger partial charge in [0, 0.05) is 6.08 Å². The van der Waals surface area contributed by atoms with Crippen molar-refractivity contribution in [2.45, 2.75) is 6.10 Å². The van der Waals surface area contributed by atoms with E-state index in [1.807, 2.05) is 24.3 Å². The number of ether oxygens (including phenoxy) is 2. The summed E-state index contributed by atoms with van der Waals surface area (Å²) in [5, 5.41) is 8.46. The van der Waals surface area contributed by atoms with E-state index in [4.69, 9.17) is 14.6 Å². The van der Waals surface area contributed by atoms with Crippen LogP contribution in [0.5, 0.6) is 5.75 Å². The summed E-state index contributed by atoms with van der Waals surface area (Å²) < 4.78 is 10.6. The minimum Gasteiger partial charge on any atom is -0.486 e. The molecule has 16 heavy (non-hydrogen) atoms. The van der Waals surface area contributed by atoms with Gasteiger partial charge in [-0.3, -0.25) is 0 Å². The molecule has 0 bridgehead atoms. The lowest BCUT2D eigenvalue weighted by Gasteiger charge is -2.26. The Morgan fingerprint density at radius 1 is 1.38 bits per heavy atom. The van der Waals surface area contributed by atoms with Crippen LogP contribution >= 0.6 is 0 Å². The maximum Gasteiger partial charge on any atom is 0.328 e. The van der Waals surface area contributed by atoms with Crippen molar-refractivity contribution in [1.82, 2.24) is 0 Å². The van der Waals surface area contributed by atoms with Gasteiger partial charge in [0.2, 0.25) is 0 Å². The number of benzene rings is 1. The van der Waals surface area contributed by atoms with Crippen molar-refractivity contribution in [2.75, 3.05) is 13.2 Å². The predicted molar refractivity (Wildman–Crippen MR) is 58.3 cm³/mol. The van der Waals surface area contributed by atoms with Gasteiger partial charge < -0.3 is 14.6 Å². The van der Waals surface area contributed by atoms with Gasteiger partial charge in [0.25, 0.3) is 0 Å². The molecule has 1 N–H and O–H groups in total. The third-order valence-electron chi connectivity index (χ3n) is 2.21. The van der Waals surface area contributed by atoms with E-state index in [2.05, 4.69) is 0 Å². The molecule has 1 aromatic rings. The molecule has 0 saturated carbocycles. The van der Waals surface area contributed by atoms with E-state index in [0.29, 0.717) is 13.2 Å². The number of aliphatic carboxylic acids is 1. The summed E-state index contributed by atoms with van der Waals surface area (Å²) in [5.74, 6) is -0.173. The molecule has 1 fully saturated rings. The number of carboxylic acid groups (broad SMARTS) is 1. The molecule has 0 radical (unpaired) electrons. The van der Waals surface area contributed by atoms with E-state index < -0.39 is 5.97 Å². The maximum absolute atomic E-state index is 10.3. The third-order valence-corrected chi connectivity index (χ3v) is 2.21. The zero-order valence-corrected chi connectivity index (χ0v) is 8.63. The van der Waals surface area contributed by atoms with Crippen molar-refractivity contribution in [3.8, 4) is 5.75 Å². The fourth-order valence-corrected chi connectivity index (χ4v) is 1.30. The summed E-state index contributed by atoms with van der Waals surface area (Å²) in [4.78, 5) is 10.3. The van der Waals surface area contributed by atoms with Crippen LogP contribution in [0, 0.1) is 0 Å². The summed E-state index contributed by atoms with van der Waals surface area (Å²) in [5.41, 5.74) is 0.833. The van der Waals surface area contributed by atoms with Gasteiger partial charge in [0.05, 0.1) is 13.2 Å². The molecule has 0 spiro atoms. The Morgan fingerprint density at radius 2 is 2.06 bits per heavy atom. The highest BCUT2D eigenvalue weighted by Gasteiger charge is 2.19. The molecule has 0 amide bonds. The number of hydrogen-bond donors (Lipinski definition) is 1. The van der Waals surface area contributed by atoms with E-state index in [0.717, 1.165) is 17.4 Å². The molecule has 1 saturated heterocycles. The molecule has 0 atom stereocenters. The van der Waals surface area contributed by atoms with E-state index >= 15 is 0 Å². The summed E-state index contributed by atoms with van der Waals surface area (Å²) in [6.07, 6.45) is 2.80. The van der Waals surface area contributed by atoms with E-state index in [1.54, 1.807) is 6.08 Å². The van der Waals surface area contributed by atoms with Crippen LogP contribution in [0.4, 0.5) is 0 Å². The minimum absolute atomic E-state index is 0.153. The van der Waals surface area contributed by atoms with Gasteiger partial charge in [-0.2, -0.15) is 0 Å². The van der Waals surface area contributed by atoms with Crippen LogP contribution < -0.4 is 4.74 Å². The number of carboxylic acids is 1. The van der Waals surface area contributed by atoms with Gasteiger partial charge >= 0.3 is 5.97 Å². The van der Waals surface area contributed by atoms with Gasteiger partial charge in [-0.15, -0.1) is 0 Å². The van der Waals surface area contributed by atoms with Gasteiger partial charge in [-0.05, 0) is 23.8 Å². The first-order valence-corrected chi connectivity index (χ1v) is 4.99. The molecule has 1 aromatic carbocycles. The molecule has 4 heteroatoms. The molecule has 1 aliphatic heterocycles. The van der Waals surface area contributed by atoms with Gasteiger partial charge in [-0.25, -0.2) is 4.79 Å². The first kappa shape index (κ1) is 10.7. The second-order valence-corrected chi connectivity index (χ2v) is 3.52. The summed E-state index contributed by atoms with van der Waals surface area (Å²) in [6.45, 7) is 1.28. The molecule has 2 rings (SSSR count). The van der Waals surface area contributed by atoms with E-state index in [-0.39, 0.29) is 6.10 Å². The van der Waals surface area contributed by atoms with Gasteiger partial charge in [0.15, 0.2) is 0 Å². The monoisotopic (exact) mass is 220 g/mol. The van der Waals surface area contributed by atoms with Crippen LogP contribution in [-0.4, -0.2) is 30.4 Å². The SMILES string of the molecule is O=C(O)/C=C/c1ccc(OC2COC2)cc1. The molecule has 0 unspecified atom stereocenters. The molecular formula is C12H12O4. The Bertz CT molecular complexity index is 390. The topological polar surface area (TPSA) is 55.8 Å². The van der Waals surface area contributed by atoms with Gasteiger partial charge in [0.1, 0.15) is 11.9 Å². The Hall–Kier alpha value is -1.81. The third kappa shape index (κ3) is 2.84. The second kappa shape index (κ2) is 4.81. The number of hydrogen-bond acceptors (Lipinski definition) is 3. The van der Waals surface area contributed by atoms with Crippen molar-refractivity contribution in [2.24, 2.45) is 0 Å². The van der Waals surface area contributed by atoms with Crippen molar-refractivity contribution < 1.29 is 19.4 Å². The zero-order chi connectivity index (χ0) is 11.4. The Labute approximate surface area is 93.1 Å². The first-order valence-electron chi connectivity index (χ1n) is 4.99. The van der Waals surface area contributed by atoms with E-state index in [1.165, 1.54) is 0 Å². The highest BCUT2D eigenvalue weighted by molar-refractivity contribution is 5.85. The summed E-state index contributed by atoms with van der Waals surface area (Å²) in [7, 11) is 0. The summed E-state index contributed by atoms with van der Waals surface area (Å²) in [6, 6.07) is 7.27. The van der Waals surface area contributed by atoms with Crippen LogP contribution in [0.1, 0.15) is 5.56 Å². The minimum atomic E-state index is -0.952. The molecule has 0 aromatic heterocycles. The maximum atomic E-state index is 10.3. The molecule has 0 aliphatic carbocycles. The van der Waals surface area contributed by atoms with Crippen molar-refractivity contribution >= 4 is 12.0 Å². The molecule has 1 heterocycles. The second-order valence-electron chi connectivity index (χ2n) is 3.52. The van der Waals surface area contributed by atoms with Crippen LogP contribution in [0.25, 0.3) is 6.08 Å². The average Bonchev–Trinajstić information content (AvgIpc) is 2.22. The lowest BCUT2D eigenvalue weighted by Crippen LogP contribution is -2.38. The van der Waals surface area contributed by atoms with Crippen LogP contribution in [0.15, 0.2) is 30.3 Å². The molecule has 4 nitrogen and oxygen atoms in total. The largest absolute Gasteiger partial charge is 0.486 e. The number of rotatable bonds is 4. The summed E-state index contributed by atoms with van der Waals surface area (Å²) >= 11 is 0.